The largest absolute Gasteiger partial charge is 0.472 e. The smallest absolute Gasteiger partial charge is 0.462 e. The van der Waals surface area contributed by atoms with Crippen LogP contribution in [0.1, 0.15) is 408 Å². The minimum atomic E-state index is -4.96. The molecule has 0 aliphatic rings. The Morgan fingerprint density at radius 3 is 0.784 bits per heavy atom. The summed E-state index contributed by atoms with van der Waals surface area (Å²) in [6, 6.07) is 0. The van der Waals surface area contributed by atoms with Gasteiger partial charge in [-0.05, 0) is 37.5 Å². The van der Waals surface area contributed by atoms with Gasteiger partial charge in [-0.15, -0.1) is 0 Å². The maximum Gasteiger partial charge on any atom is 0.472 e. The molecule has 0 amide bonds. The minimum Gasteiger partial charge on any atom is -0.462 e. The zero-order chi connectivity index (χ0) is 71.4. The number of ether oxygens (including phenoxy) is 4. The Labute approximate surface area is 594 Å². The van der Waals surface area contributed by atoms with E-state index in [2.05, 4.69) is 41.5 Å². The van der Waals surface area contributed by atoms with E-state index in [9.17, 15) is 43.2 Å². The minimum absolute atomic E-state index is 0.108. The van der Waals surface area contributed by atoms with Gasteiger partial charge in [0.2, 0.25) is 0 Å². The Morgan fingerprint density at radius 2 is 0.526 bits per heavy atom. The van der Waals surface area contributed by atoms with E-state index in [1.807, 2.05) is 0 Å². The van der Waals surface area contributed by atoms with E-state index in [-0.39, 0.29) is 25.7 Å². The van der Waals surface area contributed by atoms with Gasteiger partial charge < -0.3 is 33.8 Å². The zero-order valence-corrected chi connectivity index (χ0v) is 65.2. The first-order valence-electron chi connectivity index (χ1n) is 40.5. The maximum absolute atomic E-state index is 13.1. The number of hydrogen-bond acceptors (Lipinski definition) is 15. The van der Waals surface area contributed by atoms with Crippen LogP contribution < -0.4 is 0 Å². The van der Waals surface area contributed by atoms with E-state index in [4.69, 9.17) is 37.0 Å². The zero-order valence-electron chi connectivity index (χ0n) is 63.4. The highest BCUT2D eigenvalue weighted by atomic mass is 31.2. The van der Waals surface area contributed by atoms with E-state index in [1.165, 1.54) is 225 Å². The van der Waals surface area contributed by atoms with Crippen molar-refractivity contribution in [2.45, 2.75) is 426 Å². The van der Waals surface area contributed by atoms with Crippen molar-refractivity contribution < 1.29 is 80.2 Å². The van der Waals surface area contributed by atoms with Crippen LogP contribution in [0.2, 0.25) is 0 Å². The second kappa shape index (κ2) is 69.8. The molecular formula is C78H152O17P2. The molecule has 97 heavy (non-hydrogen) atoms. The molecule has 17 nitrogen and oxygen atoms in total. The summed E-state index contributed by atoms with van der Waals surface area (Å²) in [5.74, 6) is -0.484. The second-order valence-electron chi connectivity index (χ2n) is 28.8. The average Bonchev–Trinajstić information content (AvgIpc) is 3.07. The van der Waals surface area contributed by atoms with E-state index >= 15 is 0 Å². The van der Waals surface area contributed by atoms with Crippen LogP contribution in [0.15, 0.2) is 0 Å². The molecule has 0 heterocycles. The number of aliphatic hydroxyl groups excluding tert-OH is 1. The molecule has 0 spiro atoms. The van der Waals surface area contributed by atoms with Crippen LogP contribution in [0.3, 0.4) is 0 Å². The monoisotopic (exact) mass is 1420 g/mol. The molecule has 0 aliphatic carbocycles. The molecular weight excluding hydrogens is 1270 g/mol. The Balaban J connectivity index is 5.23. The number of hydrogen-bond donors (Lipinski definition) is 3. The third kappa shape index (κ3) is 70.9. The fraction of sp³-hybridized carbons (Fsp3) is 0.949. The van der Waals surface area contributed by atoms with Crippen LogP contribution in [-0.4, -0.2) is 96.7 Å². The molecule has 0 radical (unpaired) electrons. The normalized spacial score (nSPS) is 14.2. The van der Waals surface area contributed by atoms with Crippen LogP contribution in [0.4, 0.5) is 0 Å². The van der Waals surface area contributed by atoms with Crippen LogP contribution in [-0.2, 0) is 65.4 Å². The van der Waals surface area contributed by atoms with Crippen molar-refractivity contribution in [3.05, 3.63) is 0 Å². The highest BCUT2D eigenvalue weighted by Crippen LogP contribution is 2.45. The fourth-order valence-electron chi connectivity index (χ4n) is 12.0. The summed E-state index contributed by atoms with van der Waals surface area (Å²) in [7, 11) is -9.91. The second-order valence-corrected chi connectivity index (χ2v) is 31.7. The van der Waals surface area contributed by atoms with Gasteiger partial charge in [-0.2, -0.15) is 0 Å². The number of esters is 4. The lowest BCUT2D eigenvalue weighted by atomic mass is 9.99. The molecule has 0 saturated heterocycles. The van der Waals surface area contributed by atoms with Crippen LogP contribution in [0.25, 0.3) is 0 Å². The third-order valence-corrected chi connectivity index (χ3v) is 20.5. The maximum atomic E-state index is 13.1. The molecule has 6 atom stereocenters. The molecule has 3 N–H and O–H groups in total. The number of aliphatic hydroxyl groups is 1. The van der Waals surface area contributed by atoms with Crippen molar-refractivity contribution in [3.8, 4) is 0 Å². The van der Waals surface area contributed by atoms with E-state index in [1.54, 1.807) is 0 Å². The Hall–Kier alpha value is -1.94. The number of phosphoric acid groups is 2. The van der Waals surface area contributed by atoms with Gasteiger partial charge in [0.05, 0.1) is 26.4 Å². The number of unbranched alkanes of at least 4 members (excludes halogenated alkanes) is 46. The lowest BCUT2D eigenvalue weighted by Gasteiger charge is -2.21. The lowest BCUT2D eigenvalue weighted by Crippen LogP contribution is -2.30. The predicted octanol–water partition coefficient (Wildman–Crippen LogP) is 23.1. The summed E-state index contributed by atoms with van der Waals surface area (Å²) in [4.78, 5) is 72.9. The summed E-state index contributed by atoms with van der Waals surface area (Å²) >= 11 is 0. The molecule has 0 aliphatic heterocycles. The van der Waals surface area contributed by atoms with Gasteiger partial charge >= 0.3 is 39.5 Å². The molecule has 0 saturated carbocycles. The first-order valence-corrected chi connectivity index (χ1v) is 43.5. The Morgan fingerprint density at radius 1 is 0.299 bits per heavy atom. The van der Waals surface area contributed by atoms with Crippen LogP contribution in [0.5, 0.6) is 0 Å². The lowest BCUT2D eigenvalue weighted by molar-refractivity contribution is -0.161. The fourth-order valence-corrected chi connectivity index (χ4v) is 13.6. The standard InChI is InChI=1S/C78H152O17P2/c1-7-10-12-14-16-18-19-20-21-25-32-38-44-50-56-62-77(82)94-73(66-88-75(80)60-54-48-42-34-17-15-13-11-8-2)68-92-96(84,85)90-64-72(79)65-91-97(86,87)93-69-74(67-89-76(81)61-55-49-43-37-31-28-27-29-35-40-46-52-58-70(4)5)95-78(83)63-57-51-45-39-33-26-23-22-24-30-36-41-47-53-59-71(6)9-3/h70-74,79H,7-69H2,1-6H3,(H,84,85)(H,86,87)/t71?,72-,73+,74+/m0/s1. The van der Waals surface area contributed by atoms with Crippen LogP contribution >= 0.6 is 15.6 Å². The highest BCUT2D eigenvalue weighted by Gasteiger charge is 2.30. The Bertz CT molecular complexity index is 1870. The van der Waals surface area contributed by atoms with E-state index in [0.717, 1.165) is 102 Å². The molecule has 0 aromatic carbocycles. The third-order valence-electron chi connectivity index (χ3n) is 18.6. The van der Waals surface area contributed by atoms with Gasteiger partial charge in [0.15, 0.2) is 12.2 Å². The quantitative estimate of drug-likeness (QED) is 0.0222. The summed E-state index contributed by atoms with van der Waals surface area (Å²) in [6.07, 6.45) is 58.1. The summed E-state index contributed by atoms with van der Waals surface area (Å²) in [6.45, 7) is 9.67. The van der Waals surface area contributed by atoms with Crippen molar-refractivity contribution >= 4 is 39.5 Å². The topological polar surface area (TPSA) is 237 Å². The number of carbonyl (C=O) groups is 4. The van der Waals surface area contributed by atoms with Crippen molar-refractivity contribution in [2.24, 2.45) is 11.8 Å². The SMILES string of the molecule is CCCCCCCCCCCCCCCCCC(=O)O[C@H](COC(=O)CCCCCCCCCCC)COP(=O)(O)OC[C@H](O)COP(=O)(O)OC[C@@H](COC(=O)CCCCCCCCCCCCCCC(C)C)OC(=O)CCCCCCCCCCCCCCCCC(C)CC. The van der Waals surface area contributed by atoms with E-state index < -0.39 is 97.5 Å². The van der Waals surface area contributed by atoms with Gasteiger partial charge in [-0.1, -0.05) is 356 Å². The average molecular weight is 1420 g/mol. The first-order chi connectivity index (χ1) is 46.9. The van der Waals surface area contributed by atoms with Gasteiger partial charge in [0, 0.05) is 25.7 Å². The predicted molar refractivity (Wildman–Crippen MR) is 395 cm³/mol. The van der Waals surface area contributed by atoms with Crippen molar-refractivity contribution in [1.82, 2.24) is 0 Å². The number of phosphoric ester groups is 2. The van der Waals surface area contributed by atoms with Crippen molar-refractivity contribution in [1.29, 1.82) is 0 Å². The van der Waals surface area contributed by atoms with Gasteiger partial charge in [0.25, 0.3) is 0 Å². The molecule has 0 aromatic heterocycles. The molecule has 0 rings (SSSR count). The van der Waals surface area contributed by atoms with Gasteiger partial charge in [0.1, 0.15) is 19.3 Å². The van der Waals surface area contributed by atoms with Crippen LogP contribution in [0, 0.1) is 11.8 Å². The summed E-state index contributed by atoms with van der Waals surface area (Å²) in [5.41, 5.74) is 0. The highest BCUT2D eigenvalue weighted by molar-refractivity contribution is 7.47. The molecule has 0 fully saturated rings. The van der Waals surface area contributed by atoms with E-state index in [0.29, 0.717) is 25.7 Å². The summed E-state index contributed by atoms with van der Waals surface area (Å²) < 4.78 is 68.6. The molecule has 0 aromatic rings. The molecule has 19 heteroatoms. The van der Waals surface area contributed by atoms with Gasteiger partial charge in [-0.25, -0.2) is 9.13 Å². The van der Waals surface area contributed by atoms with Crippen molar-refractivity contribution in [2.75, 3.05) is 39.6 Å². The molecule has 576 valence electrons. The Kier molecular flexibility index (Phi) is 68.4. The number of rotatable bonds is 77. The molecule has 0 bridgehead atoms. The number of carbonyl (C=O) groups excluding carboxylic acids is 4. The van der Waals surface area contributed by atoms with Gasteiger partial charge in [-0.3, -0.25) is 37.3 Å². The van der Waals surface area contributed by atoms with Crippen molar-refractivity contribution in [3.63, 3.8) is 0 Å². The first kappa shape index (κ1) is 95.1. The summed E-state index contributed by atoms with van der Waals surface area (Å²) in [5, 5.41) is 10.6. The molecule has 3 unspecified atom stereocenters.